The molecule has 0 saturated heterocycles. The first-order chi connectivity index (χ1) is 18.9. The quantitative estimate of drug-likeness (QED) is 0.311. The van der Waals surface area contributed by atoms with Crippen LogP contribution in [-0.4, -0.2) is 5.78 Å². The number of rotatable bonds is 4. The Hall–Kier alpha value is -3.19. The van der Waals surface area contributed by atoms with E-state index in [1.54, 1.807) is 6.08 Å². The van der Waals surface area contributed by atoms with Crippen molar-refractivity contribution in [3.05, 3.63) is 108 Å². The maximum Gasteiger partial charge on any atom is 0.163 e. The molecule has 2 aliphatic carbocycles. The number of aryl methyl sites for hydroxylation is 1. The van der Waals surface area contributed by atoms with Crippen molar-refractivity contribution in [1.82, 2.24) is 0 Å². The van der Waals surface area contributed by atoms with E-state index in [0.29, 0.717) is 0 Å². The van der Waals surface area contributed by atoms with E-state index in [2.05, 4.69) is 81.9 Å². The first-order valence-electron chi connectivity index (χ1n) is 15.0. The minimum Gasteiger partial charge on any atom is -0.294 e. The van der Waals surface area contributed by atoms with Crippen LogP contribution in [0.3, 0.4) is 0 Å². The van der Waals surface area contributed by atoms with E-state index >= 15 is 0 Å². The van der Waals surface area contributed by atoms with Crippen molar-refractivity contribution >= 4 is 17.4 Å². The molecule has 1 heteroatoms. The third-order valence-corrected chi connectivity index (χ3v) is 8.41. The van der Waals surface area contributed by atoms with E-state index in [1.165, 1.54) is 60.8 Å². The van der Waals surface area contributed by atoms with Crippen molar-refractivity contribution < 1.29 is 6.22 Å². The molecule has 0 heterocycles. The van der Waals surface area contributed by atoms with Crippen LogP contribution in [0.1, 0.15) is 103 Å². The summed E-state index contributed by atoms with van der Waals surface area (Å²) in [6.07, 6.45) is 13.6. The summed E-state index contributed by atoms with van der Waals surface area (Å²) in [5, 5.41) is 0. The van der Waals surface area contributed by atoms with Crippen LogP contribution >= 0.6 is 0 Å². The number of carbonyl (C=O) groups is 1. The molecular weight excluding hydrogens is 472 g/mol. The largest absolute Gasteiger partial charge is 0.294 e. The van der Waals surface area contributed by atoms with Crippen molar-refractivity contribution in [2.24, 2.45) is 11.8 Å². The van der Waals surface area contributed by atoms with Gasteiger partial charge in [0.2, 0.25) is 0 Å². The molecule has 3 atom stereocenters. The predicted molar refractivity (Wildman–Crippen MR) is 173 cm³/mol. The van der Waals surface area contributed by atoms with Gasteiger partial charge in [-0.05, 0) is 76.3 Å². The fourth-order valence-electron chi connectivity index (χ4n) is 5.55. The minimum absolute atomic E-state index is 0. The second-order valence-electron chi connectivity index (χ2n) is 11.3. The lowest BCUT2D eigenvalue weighted by atomic mass is 9.84. The van der Waals surface area contributed by atoms with Gasteiger partial charge in [-0.1, -0.05) is 146 Å². The van der Waals surface area contributed by atoms with Crippen LogP contribution in [-0.2, 0) is 11.2 Å². The van der Waals surface area contributed by atoms with Crippen molar-refractivity contribution in [1.29, 1.82) is 0 Å². The molecule has 2 aliphatic rings. The monoisotopic (exact) mass is 522 g/mol. The molecule has 0 aliphatic heterocycles. The molecule has 5 rings (SSSR count). The molecule has 1 nitrogen and oxygen atoms in total. The molecule has 208 valence electrons. The zero-order valence-electron chi connectivity index (χ0n) is 24.9. The molecule has 0 bridgehead atoms. The van der Waals surface area contributed by atoms with Gasteiger partial charge in [0.1, 0.15) is 0 Å². The van der Waals surface area contributed by atoms with Crippen molar-refractivity contribution in [3.63, 3.8) is 0 Å². The average Bonchev–Trinajstić information content (AvgIpc) is 3.20. The van der Waals surface area contributed by atoms with Crippen LogP contribution in [0.5, 0.6) is 0 Å². The maximum atomic E-state index is 11.5. The average molecular weight is 523 g/mol. The highest BCUT2D eigenvalue weighted by atomic mass is 16.1. The third-order valence-electron chi connectivity index (χ3n) is 8.41. The Labute approximate surface area is 239 Å². The van der Waals surface area contributed by atoms with Gasteiger partial charge in [-0.2, -0.15) is 0 Å². The van der Waals surface area contributed by atoms with Gasteiger partial charge < -0.3 is 0 Å². The molecule has 0 amide bonds. The summed E-state index contributed by atoms with van der Waals surface area (Å²) in [4.78, 5) is 11.5. The van der Waals surface area contributed by atoms with Crippen LogP contribution in [0.15, 0.2) is 85.5 Å². The Morgan fingerprint density at radius 1 is 0.872 bits per heavy atom. The van der Waals surface area contributed by atoms with Gasteiger partial charge in [-0.25, -0.2) is 0 Å². The molecule has 0 aromatic heterocycles. The SMILES string of the molecule is C=Cc1cccc(-c2ccc(CC)cc2)c1.CC1=CC(=O)C(C)c2ccccc21.CCC1CCCC(C)CC1.[HH]. The third kappa shape index (κ3) is 8.92. The Bertz CT molecular complexity index is 1240. The minimum atomic E-state index is 0. The number of allylic oxidation sites excluding steroid dienone is 2. The molecule has 3 unspecified atom stereocenters. The van der Waals surface area contributed by atoms with Crippen LogP contribution in [0.25, 0.3) is 22.8 Å². The Balaban J connectivity index is 0.000000213. The summed E-state index contributed by atoms with van der Waals surface area (Å²) in [5.41, 5.74) is 8.52. The molecule has 1 fully saturated rings. The molecule has 0 radical (unpaired) electrons. The van der Waals surface area contributed by atoms with Crippen LogP contribution in [0.2, 0.25) is 0 Å². The van der Waals surface area contributed by atoms with Crippen LogP contribution in [0, 0.1) is 11.8 Å². The summed E-state index contributed by atoms with van der Waals surface area (Å²) in [6, 6.07) is 25.3. The molecule has 0 spiro atoms. The first kappa shape index (κ1) is 30.4. The fraction of sp³-hybridized carbons (Fsp3) is 0.395. The van der Waals surface area contributed by atoms with Gasteiger partial charge in [0.05, 0.1) is 0 Å². The molecule has 1 saturated carbocycles. The Kier molecular flexibility index (Phi) is 12.0. The summed E-state index contributed by atoms with van der Waals surface area (Å²) < 4.78 is 0. The lowest BCUT2D eigenvalue weighted by Gasteiger charge is -2.19. The topological polar surface area (TPSA) is 17.1 Å². The number of ketones is 1. The fourth-order valence-corrected chi connectivity index (χ4v) is 5.55. The molecule has 3 aromatic rings. The zero-order chi connectivity index (χ0) is 28.2. The van der Waals surface area contributed by atoms with E-state index in [-0.39, 0.29) is 13.1 Å². The first-order valence-corrected chi connectivity index (χ1v) is 15.0. The van der Waals surface area contributed by atoms with Crippen molar-refractivity contribution in [2.75, 3.05) is 0 Å². The summed E-state index contributed by atoms with van der Waals surface area (Å²) in [7, 11) is 0. The number of carbonyl (C=O) groups excluding carboxylic acids is 1. The number of benzene rings is 3. The van der Waals surface area contributed by atoms with Gasteiger partial charge in [0, 0.05) is 7.34 Å². The zero-order valence-corrected chi connectivity index (χ0v) is 24.9. The molecule has 3 aromatic carbocycles. The van der Waals surface area contributed by atoms with Crippen LogP contribution < -0.4 is 0 Å². The number of hydrogen-bond donors (Lipinski definition) is 0. The van der Waals surface area contributed by atoms with Crippen molar-refractivity contribution in [2.45, 2.75) is 85.5 Å². The predicted octanol–water partition coefficient (Wildman–Crippen LogP) is 11.2. The van der Waals surface area contributed by atoms with E-state index in [4.69, 9.17) is 0 Å². The maximum absolute atomic E-state index is 11.5. The Morgan fingerprint density at radius 3 is 2.31 bits per heavy atom. The second-order valence-corrected chi connectivity index (χ2v) is 11.3. The molecule has 39 heavy (non-hydrogen) atoms. The van der Waals surface area contributed by atoms with Crippen LogP contribution in [0.4, 0.5) is 0 Å². The van der Waals surface area contributed by atoms with E-state index in [1.807, 2.05) is 38.1 Å². The van der Waals surface area contributed by atoms with Gasteiger partial charge in [-0.15, -0.1) is 0 Å². The lowest BCUT2D eigenvalue weighted by molar-refractivity contribution is -0.115. The Morgan fingerprint density at radius 2 is 1.62 bits per heavy atom. The second kappa shape index (κ2) is 15.4. The van der Waals surface area contributed by atoms with E-state index < -0.39 is 0 Å². The van der Waals surface area contributed by atoms with Gasteiger partial charge in [0.25, 0.3) is 0 Å². The highest BCUT2D eigenvalue weighted by Gasteiger charge is 2.21. The van der Waals surface area contributed by atoms with Gasteiger partial charge >= 0.3 is 0 Å². The standard InChI is InChI=1S/C16H16.C12H12O.C10H20.H2/c1-3-13-8-10-15(11-9-13)16-7-5-6-14(4-2)12-16;1-8-7-12(13)9(2)11-6-4-3-5-10(8)11;1-3-10-6-4-5-9(2)7-8-10;/h4-12H,2-3H2,1H3;3-7,9H,1-2H3;9-10H,3-8H2,1-2H3;1H. The van der Waals surface area contributed by atoms with Gasteiger partial charge in [-0.3, -0.25) is 4.79 Å². The summed E-state index contributed by atoms with van der Waals surface area (Å²) in [5.74, 6) is 2.32. The van der Waals surface area contributed by atoms with Crippen molar-refractivity contribution in [3.8, 4) is 11.1 Å². The highest BCUT2D eigenvalue weighted by molar-refractivity contribution is 6.04. The highest BCUT2D eigenvalue weighted by Crippen LogP contribution is 2.31. The number of fused-ring (bicyclic) bond motifs is 1. The smallest absolute Gasteiger partial charge is 0.163 e. The summed E-state index contributed by atoms with van der Waals surface area (Å²) >= 11 is 0. The molecule has 0 N–H and O–H groups in total. The molecular formula is C38H50O. The van der Waals surface area contributed by atoms with E-state index in [0.717, 1.165) is 35.0 Å². The summed E-state index contributed by atoms with van der Waals surface area (Å²) in [6.45, 7) is 14.7. The van der Waals surface area contributed by atoms with E-state index in [9.17, 15) is 4.79 Å². The number of hydrogen-bond acceptors (Lipinski definition) is 1. The lowest BCUT2D eigenvalue weighted by Crippen LogP contribution is -2.13. The normalized spacial score (nSPS) is 20.2. The van der Waals surface area contributed by atoms with Gasteiger partial charge in [0.15, 0.2) is 5.78 Å².